The highest BCUT2D eigenvalue weighted by Crippen LogP contribution is 2.41. The molecule has 1 aromatic heterocycles. The molecule has 5 heteroatoms. The maximum Gasteiger partial charge on any atom is 0.338 e. The van der Waals surface area contributed by atoms with Gasteiger partial charge < -0.3 is 13.9 Å². The molecule has 0 atom stereocenters. The Labute approximate surface area is 149 Å². The number of furan rings is 1. The second-order valence-corrected chi connectivity index (χ2v) is 6.10. The van der Waals surface area contributed by atoms with Crippen LogP contribution in [0.1, 0.15) is 22.8 Å². The number of hydrogen-bond donors (Lipinski definition) is 0. The van der Waals surface area contributed by atoms with Crippen LogP contribution >= 0.6 is 0 Å². The van der Waals surface area contributed by atoms with Gasteiger partial charge in [0.25, 0.3) is 0 Å². The summed E-state index contributed by atoms with van der Waals surface area (Å²) in [6.07, 6.45) is 0. The summed E-state index contributed by atoms with van der Waals surface area (Å²) < 4.78 is 16.2. The lowest BCUT2D eigenvalue weighted by molar-refractivity contribution is -0.131. The molecule has 0 aliphatic rings. The summed E-state index contributed by atoms with van der Waals surface area (Å²) in [7, 11) is 1.35. The first-order valence-electron chi connectivity index (χ1n) is 8.15. The maximum absolute atomic E-state index is 12.0. The van der Waals surface area contributed by atoms with Gasteiger partial charge in [-0.3, -0.25) is 4.79 Å². The van der Waals surface area contributed by atoms with Gasteiger partial charge in [-0.15, -0.1) is 0 Å². The molecule has 0 saturated carbocycles. The maximum atomic E-state index is 12.0. The van der Waals surface area contributed by atoms with Gasteiger partial charge in [-0.05, 0) is 41.5 Å². The third-order valence-corrected chi connectivity index (χ3v) is 4.54. The molecule has 0 bridgehead atoms. The van der Waals surface area contributed by atoms with Gasteiger partial charge in [0, 0.05) is 17.7 Å². The van der Waals surface area contributed by atoms with Crippen LogP contribution in [0.2, 0.25) is 0 Å². The monoisotopic (exact) mass is 348 g/mol. The van der Waals surface area contributed by atoms with Gasteiger partial charge in [0.15, 0.2) is 11.3 Å². The van der Waals surface area contributed by atoms with Gasteiger partial charge in [0.1, 0.15) is 5.58 Å². The number of esters is 2. The van der Waals surface area contributed by atoms with Gasteiger partial charge in [0.05, 0.1) is 12.7 Å². The Balaban J connectivity index is 2.19. The van der Waals surface area contributed by atoms with E-state index in [9.17, 15) is 9.59 Å². The molecule has 0 aliphatic carbocycles. The number of hydrogen-bond acceptors (Lipinski definition) is 5. The van der Waals surface area contributed by atoms with E-state index in [1.165, 1.54) is 14.0 Å². The summed E-state index contributed by atoms with van der Waals surface area (Å²) >= 11 is 0. The molecule has 0 unspecified atom stereocenters. The summed E-state index contributed by atoms with van der Waals surface area (Å²) in [6.45, 7) is 3.19. The molecule has 0 radical (unpaired) electrons. The van der Waals surface area contributed by atoms with E-state index in [0.29, 0.717) is 22.5 Å². The average molecular weight is 348 g/mol. The number of methoxy groups -OCH3 is 1. The van der Waals surface area contributed by atoms with E-state index in [1.54, 1.807) is 12.1 Å². The van der Waals surface area contributed by atoms with Gasteiger partial charge in [-0.25, -0.2) is 4.79 Å². The van der Waals surface area contributed by atoms with Crippen molar-refractivity contribution in [2.75, 3.05) is 7.11 Å². The number of benzene rings is 3. The molecular weight excluding hydrogens is 332 g/mol. The van der Waals surface area contributed by atoms with Gasteiger partial charge in [0.2, 0.25) is 0 Å². The van der Waals surface area contributed by atoms with Crippen molar-refractivity contribution >= 4 is 44.6 Å². The Bertz CT molecular complexity index is 1200. The van der Waals surface area contributed by atoms with Crippen LogP contribution in [-0.2, 0) is 9.53 Å². The van der Waals surface area contributed by atoms with E-state index >= 15 is 0 Å². The van der Waals surface area contributed by atoms with E-state index in [1.807, 2.05) is 37.3 Å². The first kappa shape index (κ1) is 16.1. The van der Waals surface area contributed by atoms with Crippen molar-refractivity contribution in [1.29, 1.82) is 0 Å². The average Bonchev–Trinajstić information content (AvgIpc) is 3.02. The number of carbonyl (C=O) groups excluding carboxylic acids is 2. The van der Waals surface area contributed by atoms with E-state index in [-0.39, 0.29) is 0 Å². The summed E-state index contributed by atoms with van der Waals surface area (Å²) in [4.78, 5) is 23.6. The topological polar surface area (TPSA) is 65.7 Å². The number of ether oxygens (including phenoxy) is 2. The first-order valence-corrected chi connectivity index (χ1v) is 8.15. The van der Waals surface area contributed by atoms with E-state index in [4.69, 9.17) is 13.9 Å². The van der Waals surface area contributed by atoms with Crippen molar-refractivity contribution in [2.45, 2.75) is 13.8 Å². The van der Waals surface area contributed by atoms with Crippen LogP contribution in [0.4, 0.5) is 0 Å². The largest absolute Gasteiger partial charge is 0.465 e. The number of fused-ring (bicyclic) bond motifs is 5. The Hall–Kier alpha value is -3.34. The molecule has 5 nitrogen and oxygen atoms in total. The highest BCUT2D eigenvalue weighted by molar-refractivity contribution is 6.21. The Morgan fingerprint density at radius 3 is 2.50 bits per heavy atom. The minimum absolute atomic E-state index is 0.335. The van der Waals surface area contributed by atoms with Crippen LogP contribution in [0.15, 0.2) is 46.9 Å². The molecule has 0 saturated heterocycles. The molecule has 130 valence electrons. The number of rotatable bonds is 2. The van der Waals surface area contributed by atoms with Crippen LogP contribution in [0.3, 0.4) is 0 Å². The summed E-state index contributed by atoms with van der Waals surface area (Å²) in [5, 5.41) is 3.51. The minimum atomic E-state index is -0.437. The van der Waals surface area contributed by atoms with E-state index in [0.717, 1.165) is 27.1 Å². The smallest absolute Gasteiger partial charge is 0.338 e. The van der Waals surface area contributed by atoms with Crippen molar-refractivity contribution in [2.24, 2.45) is 0 Å². The quantitative estimate of drug-likeness (QED) is 0.386. The fourth-order valence-electron chi connectivity index (χ4n) is 3.38. The zero-order valence-corrected chi connectivity index (χ0v) is 14.6. The molecule has 3 aromatic carbocycles. The lowest BCUT2D eigenvalue weighted by Crippen LogP contribution is -2.05. The zero-order chi connectivity index (χ0) is 18.4. The Kier molecular flexibility index (Phi) is 3.65. The van der Waals surface area contributed by atoms with Crippen LogP contribution in [0.5, 0.6) is 5.75 Å². The second-order valence-electron chi connectivity index (χ2n) is 6.10. The molecule has 26 heavy (non-hydrogen) atoms. The van der Waals surface area contributed by atoms with Gasteiger partial charge in [-0.2, -0.15) is 0 Å². The molecule has 0 N–H and O–H groups in total. The summed E-state index contributed by atoms with van der Waals surface area (Å²) in [6, 6.07) is 13.0. The number of para-hydroxylation sites is 1. The number of aryl methyl sites for hydroxylation is 1. The van der Waals surface area contributed by atoms with Crippen LogP contribution < -0.4 is 4.74 Å². The van der Waals surface area contributed by atoms with Crippen molar-refractivity contribution in [3.8, 4) is 5.75 Å². The van der Waals surface area contributed by atoms with Crippen molar-refractivity contribution in [3.63, 3.8) is 0 Å². The summed E-state index contributed by atoms with van der Waals surface area (Å²) in [5.41, 5.74) is 2.45. The standard InChI is InChI=1S/C21H16O5/c1-11-13(21(23)24-3)8-9-14-16(11)10-18(25-12(2)22)20-19(14)15-6-4-5-7-17(15)26-20/h4-10H,1-3H3. The van der Waals surface area contributed by atoms with Gasteiger partial charge in [-0.1, -0.05) is 24.3 Å². The molecule has 4 rings (SSSR count). The van der Waals surface area contributed by atoms with Crippen LogP contribution in [-0.4, -0.2) is 19.0 Å². The third-order valence-electron chi connectivity index (χ3n) is 4.54. The van der Waals surface area contributed by atoms with Crippen molar-refractivity contribution < 1.29 is 23.5 Å². The SMILES string of the molecule is COC(=O)c1ccc2c(cc(OC(C)=O)c3oc4ccccc4c32)c1C. The fourth-order valence-corrected chi connectivity index (χ4v) is 3.38. The van der Waals surface area contributed by atoms with Crippen molar-refractivity contribution in [3.05, 3.63) is 53.6 Å². The molecule has 0 spiro atoms. The molecule has 4 aromatic rings. The lowest BCUT2D eigenvalue weighted by Gasteiger charge is -2.11. The van der Waals surface area contributed by atoms with E-state index < -0.39 is 11.9 Å². The molecule has 0 aliphatic heterocycles. The van der Waals surface area contributed by atoms with Crippen molar-refractivity contribution in [1.82, 2.24) is 0 Å². The van der Waals surface area contributed by atoms with E-state index in [2.05, 4.69) is 0 Å². The van der Waals surface area contributed by atoms with Gasteiger partial charge >= 0.3 is 11.9 Å². The van der Waals surface area contributed by atoms with Crippen LogP contribution in [0, 0.1) is 6.92 Å². The second kappa shape index (κ2) is 5.88. The highest BCUT2D eigenvalue weighted by atomic mass is 16.5. The predicted octanol–water partition coefficient (Wildman–Crippen LogP) is 4.76. The normalized spacial score (nSPS) is 11.2. The molecular formula is C21H16O5. The molecule has 0 fully saturated rings. The Morgan fingerprint density at radius 1 is 1.00 bits per heavy atom. The predicted molar refractivity (Wildman–Crippen MR) is 98.6 cm³/mol. The minimum Gasteiger partial charge on any atom is -0.465 e. The lowest BCUT2D eigenvalue weighted by atomic mass is 9.96. The zero-order valence-electron chi connectivity index (χ0n) is 14.6. The highest BCUT2D eigenvalue weighted by Gasteiger charge is 2.20. The molecule has 1 heterocycles. The Morgan fingerprint density at radius 2 is 1.77 bits per heavy atom. The summed E-state index contributed by atoms with van der Waals surface area (Å²) in [5.74, 6) is -0.509. The fraction of sp³-hybridized carbons (Fsp3) is 0.143. The third kappa shape index (κ3) is 2.32. The van der Waals surface area contributed by atoms with Crippen LogP contribution in [0.25, 0.3) is 32.7 Å². The number of carbonyl (C=O) groups is 2. The first-order chi connectivity index (χ1) is 12.5. The molecule has 0 amide bonds.